The molecule has 1 aliphatic rings. The van der Waals surface area contributed by atoms with Gasteiger partial charge >= 0.3 is 0 Å². The van der Waals surface area contributed by atoms with E-state index in [4.69, 9.17) is 18.0 Å². The zero-order chi connectivity index (χ0) is 13.3. The van der Waals surface area contributed by atoms with Crippen LogP contribution in [0.2, 0.25) is 0 Å². The normalized spacial score (nSPS) is 19.6. The molecule has 0 aromatic carbocycles. The highest BCUT2D eigenvalue weighted by molar-refractivity contribution is 7.80. The Bertz CT molecular complexity index is 456. The summed E-state index contributed by atoms with van der Waals surface area (Å²) in [6.45, 7) is 8.73. The topological polar surface area (TPSA) is 42.1 Å². The van der Waals surface area contributed by atoms with Crippen molar-refractivity contribution in [1.29, 1.82) is 0 Å². The van der Waals surface area contributed by atoms with Crippen molar-refractivity contribution < 1.29 is 0 Å². The second kappa shape index (κ2) is 5.22. The Hall–Kier alpha value is -1.16. The van der Waals surface area contributed by atoms with Gasteiger partial charge in [0.2, 0.25) is 0 Å². The molecule has 2 heterocycles. The Labute approximate surface area is 114 Å². The van der Waals surface area contributed by atoms with Gasteiger partial charge in [0, 0.05) is 24.3 Å². The van der Waals surface area contributed by atoms with Crippen LogP contribution in [0, 0.1) is 18.8 Å². The summed E-state index contributed by atoms with van der Waals surface area (Å²) >= 11 is 5.05. The molecule has 0 radical (unpaired) electrons. The van der Waals surface area contributed by atoms with Crippen molar-refractivity contribution in [1.82, 2.24) is 4.98 Å². The van der Waals surface area contributed by atoms with Gasteiger partial charge in [0.05, 0.1) is 0 Å². The molecule has 1 aromatic heterocycles. The SMILES string of the molecule is Cc1cc(C(N)=S)cc(N2CCC(C(C)C)C2)n1. The average Bonchev–Trinajstić information content (AvgIpc) is 2.77. The Kier molecular flexibility index (Phi) is 3.85. The largest absolute Gasteiger partial charge is 0.389 e. The van der Waals surface area contributed by atoms with Crippen LogP contribution >= 0.6 is 12.2 Å². The Balaban J connectivity index is 2.21. The van der Waals surface area contributed by atoms with Gasteiger partial charge in [-0.1, -0.05) is 26.1 Å². The van der Waals surface area contributed by atoms with Crippen LogP contribution in [0.1, 0.15) is 31.5 Å². The number of aromatic nitrogens is 1. The van der Waals surface area contributed by atoms with Crippen molar-refractivity contribution in [2.24, 2.45) is 17.6 Å². The lowest BCUT2D eigenvalue weighted by molar-refractivity contribution is 0.422. The maximum Gasteiger partial charge on any atom is 0.129 e. The van der Waals surface area contributed by atoms with Crippen LogP contribution in [-0.2, 0) is 0 Å². The molecule has 18 heavy (non-hydrogen) atoms. The van der Waals surface area contributed by atoms with Crippen LogP contribution in [-0.4, -0.2) is 23.1 Å². The molecule has 98 valence electrons. The van der Waals surface area contributed by atoms with Gasteiger partial charge < -0.3 is 10.6 Å². The van der Waals surface area contributed by atoms with Gasteiger partial charge in [-0.3, -0.25) is 0 Å². The fourth-order valence-electron chi connectivity index (χ4n) is 2.49. The number of hydrogen-bond donors (Lipinski definition) is 1. The number of anilines is 1. The predicted octanol–water partition coefficient (Wildman–Crippen LogP) is 2.51. The minimum Gasteiger partial charge on any atom is -0.389 e. The smallest absolute Gasteiger partial charge is 0.129 e. The summed E-state index contributed by atoms with van der Waals surface area (Å²) in [4.78, 5) is 7.40. The molecule has 1 unspecified atom stereocenters. The third-order valence-corrected chi connectivity index (χ3v) is 3.95. The highest BCUT2D eigenvalue weighted by atomic mass is 32.1. The van der Waals surface area contributed by atoms with Crippen LogP contribution in [0.25, 0.3) is 0 Å². The maximum absolute atomic E-state index is 5.71. The van der Waals surface area contributed by atoms with Gasteiger partial charge in [-0.2, -0.15) is 0 Å². The molecule has 1 aromatic rings. The summed E-state index contributed by atoms with van der Waals surface area (Å²) in [5.74, 6) is 2.51. The van der Waals surface area contributed by atoms with E-state index in [0.29, 0.717) is 4.99 Å². The zero-order valence-electron chi connectivity index (χ0n) is 11.3. The van der Waals surface area contributed by atoms with Crippen LogP contribution in [0.5, 0.6) is 0 Å². The lowest BCUT2D eigenvalue weighted by Gasteiger charge is -2.20. The van der Waals surface area contributed by atoms with Crippen LogP contribution < -0.4 is 10.6 Å². The van der Waals surface area contributed by atoms with E-state index in [1.54, 1.807) is 0 Å². The number of pyridine rings is 1. The molecular weight excluding hydrogens is 242 g/mol. The molecule has 1 aliphatic heterocycles. The molecule has 2 N–H and O–H groups in total. The number of aryl methyl sites for hydroxylation is 1. The Morgan fingerprint density at radius 3 is 2.78 bits per heavy atom. The first-order valence-corrected chi connectivity index (χ1v) is 6.91. The monoisotopic (exact) mass is 263 g/mol. The first-order chi connectivity index (χ1) is 8.47. The van der Waals surface area contributed by atoms with Gasteiger partial charge in [-0.25, -0.2) is 4.98 Å². The van der Waals surface area contributed by atoms with Crippen molar-refractivity contribution in [3.63, 3.8) is 0 Å². The molecule has 1 saturated heterocycles. The number of nitrogens with zero attached hydrogens (tertiary/aromatic N) is 2. The molecule has 3 nitrogen and oxygen atoms in total. The van der Waals surface area contributed by atoms with E-state index in [1.807, 2.05) is 19.1 Å². The number of nitrogens with two attached hydrogens (primary N) is 1. The number of rotatable bonds is 3. The van der Waals surface area contributed by atoms with E-state index in [9.17, 15) is 0 Å². The Morgan fingerprint density at radius 1 is 1.50 bits per heavy atom. The highest BCUT2D eigenvalue weighted by Gasteiger charge is 2.25. The fraction of sp³-hybridized carbons (Fsp3) is 0.571. The summed E-state index contributed by atoms with van der Waals surface area (Å²) < 4.78 is 0. The van der Waals surface area contributed by atoms with Crippen molar-refractivity contribution in [3.8, 4) is 0 Å². The van der Waals surface area contributed by atoms with E-state index in [2.05, 4.69) is 23.7 Å². The first kappa shape index (κ1) is 13.3. The molecule has 2 rings (SSSR count). The molecular formula is C14H21N3S. The second-order valence-electron chi connectivity index (χ2n) is 5.46. The average molecular weight is 263 g/mol. The molecule has 4 heteroatoms. The van der Waals surface area contributed by atoms with Gasteiger partial charge in [-0.05, 0) is 37.3 Å². The van der Waals surface area contributed by atoms with Crippen LogP contribution in [0.4, 0.5) is 5.82 Å². The first-order valence-electron chi connectivity index (χ1n) is 6.51. The third kappa shape index (κ3) is 2.80. The molecule has 0 saturated carbocycles. The predicted molar refractivity (Wildman–Crippen MR) is 80.0 cm³/mol. The van der Waals surface area contributed by atoms with Crippen molar-refractivity contribution >= 4 is 23.0 Å². The van der Waals surface area contributed by atoms with Gasteiger partial charge in [-0.15, -0.1) is 0 Å². The van der Waals surface area contributed by atoms with Crippen molar-refractivity contribution in [2.45, 2.75) is 27.2 Å². The van der Waals surface area contributed by atoms with Gasteiger partial charge in [0.1, 0.15) is 10.8 Å². The van der Waals surface area contributed by atoms with E-state index in [0.717, 1.165) is 42.0 Å². The Morgan fingerprint density at radius 2 is 2.22 bits per heavy atom. The summed E-state index contributed by atoms with van der Waals surface area (Å²) in [5.41, 5.74) is 7.60. The van der Waals surface area contributed by atoms with Crippen LogP contribution in [0.15, 0.2) is 12.1 Å². The molecule has 1 fully saturated rings. The van der Waals surface area contributed by atoms with Crippen molar-refractivity contribution in [3.05, 3.63) is 23.4 Å². The van der Waals surface area contributed by atoms with E-state index in [-0.39, 0.29) is 0 Å². The van der Waals surface area contributed by atoms with Gasteiger partial charge in [0.15, 0.2) is 0 Å². The van der Waals surface area contributed by atoms with E-state index >= 15 is 0 Å². The maximum atomic E-state index is 5.71. The quantitative estimate of drug-likeness (QED) is 0.851. The molecule has 0 bridgehead atoms. The summed E-state index contributed by atoms with van der Waals surface area (Å²) in [5, 5.41) is 0. The molecule has 1 atom stereocenters. The van der Waals surface area contributed by atoms with E-state index < -0.39 is 0 Å². The number of hydrogen-bond acceptors (Lipinski definition) is 3. The standard InChI is InChI=1S/C14H21N3S/c1-9(2)11-4-5-17(8-11)13-7-12(14(15)18)6-10(3)16-13/h6-7,9,11H,4-5,8H2,1-3H3,(H2,15,18). The second-order valence-corrected chi connectivity index (χ2v) is 5.90. The fourth-order valence-corrected chi connectivity index (χ4v) is 2.61. The van der Waals surface area contributed by atoms with Crippen LogP contribution in [0.3, 0.4) is 0 Å². The minimum atomic E-state index is 0.446. The number of thiocarbonyl (C=S) groups is 1. The summed E-state index contributed by atoms with van der Waals surface area (Å²) in [7, 11) is 0. The minimum absolute atomic E-state index is 0.446. The zero-order valence-corrected chi connectivity index (χ0v) is 12.1. The molecule has 0 spiro atoms. The third-order valence-electron chi connectivity index (χ3n) is 3.72. The lowest BCUT2D eigenvalue weighted by atomic mass is 9.95. The molecule has 0 aliphatic carbocycles. The summed E-state index contributed by atoms with van der Waals surface area (Å²) in [6.07, 6.45) is 1.25. The molecule has 0 amide bonds. The van der Waals surface area contributed by atoms with Gasteiger partial charge in [0.25, 0.3) is 0 Å². The summed E-state index contributed by atoms with van der Waals surface area (Å²) in [6, 6.07) is 3.96. The van der Waals surface area contributed by atoms with Crippen molar-refractivity contribution in [2.75, 3.05) is 18.0 Å². The lowest BCUT2D eigenvalue weighted by Crippen LogP contribution is -2.23. The highest BCUT2D eigenvalue weighted by Crippen LogP contribution is 2.27. The van der Waals surface area contributed by atoms with E-state index in [1.165, 1.54) is 6.42 Å².